The van der Waals surface area contributed by atoms with Crippen LogP contribution < -0.4 is 5.32 Å². The SMILES string of the molecule is CCc1c(C(=O)NCCCCCO)cnc2ncnn12. The second kappa shape index (κ2) is 6.95. The summed E-state index contributed by atoms with van der Waals surface area (Å²) >= 11 is 0. The van der Waals surface area contributed by atoms with Gasteiger partial charge in [0, 0.05) is 19.3 Å². The van der Waals surface area contributed by atoms with Crippen molar-refractivity contribution in [2.24, 2.45) is 0 Å². The zero-order valence-electron chi connectivity index (χ0n) is 11.5. The predicted molar refractivity (Wildman–Crippen MR) is 73.4 cm³/mol. The van der Waals surface area contributed by atoms with Gasteiger partial charge < -0.3 is 10.4 Å². The predicted octanol–water partition coefficient (Wildman–Crippen LogP) is 0.579. The highest BCUT2D eigenvalue weighted by molar-refractivity contribution is 5.95. The van der Waals surface area contributed by atoms with Crippen molar-refractivity contribution in [3.05, 3.63) is 23.8 Å². The molecule has 0 bridgehead atoms. The van der Waals surface area contributed by atoms with Crippen LogP contribution in [-0.2, 0) is 6.42 Å². The van der Waals surface area contributed by atoms with Crippen molar-refractivity contribution in [1.82, 2.24) is 24.9 Å². The number of hydrogen-bond donors (Lipinski definition) is 2. The van der Waals surface area contributed by atoms with Crippen molar-refractivity contribution >= 4 is 11.7 Å². The van der Waals surface area contributed by atoms with E-state index in [-0.39, 0.29) is 12.5 Å². The van der Waals surface area contributed by atoms with Gasteiger partial charge in [0.2, 0.25) is 0 Å². The number of fused-ring (bicyclic) bond motifs is 1. The first-order chi connectivity index (χ1) is 9.77. The number of unbranched alkanes of at least 4 members (excludes halogenated alkanes) is 2. The summed E-state index contributed by atoms with van der Waals surface area (Å²) in [5.74, 6) is 0.358. The lowest BCUT2D eigenvalue weighted by Gasteiger charge is -2.09. The number of carbonyl (C=O) groups excluding carboxylic acids is 1. The number of hydrogen-bond acceptors (Lipinski definition) is 5. The molecule has 2 rings (SSSR count). The van der Waals surface area contributed by atoms with E-state index in [4.69, 9.17) is 5.11 Å². The van der Waals surface area contributed by atoms with Crippen LogP contribution in [0.2, 0.25) is 0 Å². The molecule has 0 spiro atoms. The van der Waals surface area contributed by atoms with Crippen molar-refractivity contribution in [2.75, 3.05) is 13.2 Å². The van der Waals surface area contributed by atoms with Gasteiger partial charge in [-0.1, -0.05) is 6.92 Å². The average Bonchev–Trinajstić information content (AvgIpc) is 2.94. The van der Waals surface area contributed by atoms with Crippen LogP contribution in [0.25, 0.3) is 5.78 Å². The minimum Gasteiger partial charge on any atom is -0.396 e. The Morgan fingerprint density at radius 3 is 2.95 bits per heavy atom. The Kier molecular flexibility index (Phi) is 5.00. The lowest BCUT2D eigenvalue weighted by Crippen LogP contribution is -2.26. The topological polar surface area (TPSA) is 92.4 Å². The normalized spacial score (nSPS) is 10.9. The van der Waals surface area contributed by atoms with Gasteiger partial charge in [-0.25, -0.2) is 9.50 Å². The first-order valence-electron chi connectivity index (χ1n) is 6.84. The third-order valence-corrected chi connectivity index (χ3v) is 3.11. The van der Waals surface area contributed by atoms with Gasteiger partial charge in [0.05, 0.1) is 11.3 Å². The summed E-state index contributed by atoms with van der Waals surface area (Å²) in [5.41, 5.74) is 1.34. The quantitative estimate of drug-likeness (QED) is 0.722. The fraction of sp³-hybridized carbons (Fsp3) is 0.538. The fourth-order valence-electron chi connectivity index (χ4n) is 2.07. The van der Waals surface area contributed by atoms with E-state index in [0.29, 0.717) is 24.3 Å². The maximum absolute atomic E-state index is 12.2. The first-order valence-corrected chi connectivity index (χ1v) is 6.84. The number of carbonyl (C=O) groups is 1. The Morgan fingerprint density at radius 1 is 1.35 bits per heavy atom. The Hall–Kier alpha value is -2.02. The number of aromatic nitrogens is 4. The second-order valence-corrected chi connectivity index (χ2v) is 4.48. The average molecular weight is 277 g/mol. The highest BCUT2D eigenvalue weighted by Crippen LogP contribution is 2.09. The molecule has 2 aromatic rings. The standard InChI is InChI=1S/C13H19N5O2/c1-2-11-10(8-15-13-16-9-17-18(11)13)12(20)14-6-4-3-5-7-19/h8-9,19H,2-7H2,1H3,(H,14,20). The molecule has 0 fully saturated rings. The van der Waals surface area contributed by atoms with Gasteiger partial charge in [0.15, 0.2) is 0 Å². The molecule has 0 radical (unpaired) electrons. The molecule has 0 aromatic carbocycles. The van der Waals surface area contributed by atoms with Gasteiger partial charge in [-0.2, -0.15) is 10.1 Å². The minimum absolute atomic E-state index is 0.143. The molecule has 0 unspecified atom stereocenters. The van der Waals surface area contributed by atoms with Crippen molar-refractivity contribution in [3.63, 3.8) is 0 Å². The van der Waals surface area contributed by atoms with E-state index in [2.05, 4.69) is 20.4 Å². The zero-order valence-corrected chi connectivity index (χ0v) is 11.5. The Bertz CT molecular complexity index is 581. The molecular weight excluding hydrogens is 258 g/mol. The van der Waals surface area contributed by atoms with Crippen LogP contribution in [0.5, 0.6) is 0 Å². The molecule has 20 heavy (non-hydrogen) atoms. The lowest BCUT2D eigenvalue weighted by molar-refractivity contribution is 0.0951. The van der Waals surface area contributed by atoms with Gasteiger partial charge in [0.25, 0.3) is 11.7 Å². The molecule has 2 N–H and O–H groups in total. The molecule has 108 valence electrons. The highest BCUT2D eigenvalue weighted by Gasteiger charge is 2.14. The van der Waals surface area contributed by atoms with Crippen molar-refractivity contribution in [2.45, 2.75) is 32.6 Å². The molecule has 0 saturated heterocycles. The molecule has 0 aliphatic heterocycles. The van der Waals surface area contributed by atoms with Gasteiger partial charge >= 0.3 is 0 Å². The molecule has 2 heterocycles. The Labute approximate surface area is 117 Å². The minimum atomic E-state index is -0.143. The van der Waals surface area contributed by atoms with Crippen molar-refractivity contribution < 1.29 is 9.90 Å². The van der Waals surface area contributed by atoms with Crippen LogP contribution in [0.15, 0.2) is 12.5 Å². The third kappa shape index (κ3) is 3.11. The van der Waals surface area contributed by atoms with Crippen LogP contribution in [0.3, 0.4) is 0 Å². The van der Waals surface area contributed by atoms with E-state index in [1.807, 2.05) is 6.92 Å². The van der Waals surface area contributed by atoms with E-state index < -0.39 is 0 Å². The number of rotatable bonds is 7. The summed E-state index contributed by atoms with van der Waals surface area (Å²) in [6.07, 6.45) is 6.17. The van der Waals surface area contributed by atoms with Gasteiger partial charge in [-0.05, 0) is 25.7 Å². The molecule has 1 amide bonds. The first kappa shape index (κ1) is 14.4. The van der Waals surface area contributed by atoms with Gasteiger partial charge in [-0.3, -0.25) is 4.79 Å². The van der Waals surface area contributed by atoms with E-state index in [1.54, 1.807) is 10.7 Å². The summed E-state index contributed by atoms with van der Waals surface area (Å²) in [6.45, 7) is 2.76. The summed E-state index contributed by atoms with van der Waals surface area (Å²) in [6, 6.07) is 0. The van der Waals surface area contributed by atoms with E-state index in [1.165, 1.54) is 6.33 Å². The number of aryl methyl sites for hydroxylation is 1. The maximum atomic E-state index is 12.2. The molecule has 2 aromatic heterocycles. The summed E-state index contributed by atoms with van der Waals surface area (Å²) in [5, 5.41) is 15.6. The van der Waals surface area contributed by atoms with Gasteiger partial charge in [-0.15, -0.1) is 0 Å². The number of aliphatic hydroxyl groups excluding tert-OH is 1. The van der Waals surface area contributed by atoms with Crippen LogP contribution in [0.4, 0.5) is 0 Å². The van der Waals surface area contributed by atoms with Gasteiger partial charge in [0.1, 0.15) is 6.33 Å². The molecule has 7 heteroatoms. The van der Waals surface area contributed by atoms with E-state index in [9.17, 15) is 4.79 Å². The molecule has 0 saturated carbocycles. The van der Waals surface area contributed by atoms with Crippen molar-refractivity contribution in [1.29, 1.82) is 0 Å². The fourth-order valence-corrected chi connectivity index (χ4v) is 2.07. The van der Waals surface area contributed by atoms with Crippen LogP contribution in [0.1, 0.15) is 42.2 Å². The Balaban J connectivity index is 2.05. The zero-order chi connectivity index (χ0) is 14.4. The molecule has 0 aliphatic rings. The van der Waals surface area contributed by atoms with Crippen LogP contribution in [-0.4, -0.2) is 43.7 Å². The summed E-state index contributed by atoms with van der Waals surface area (Å²) in [4.78, 5) is 20.3. The molecule has 7 nitrogen and oxygen atoms in total. The van der Waals surface area contributed by atoms with E-state index >= 15 is 0 Å². The Morgan fingerprint density at radius 2 is 2.20 bits per heavy atom. The number of nitrogens with zero attached hydrogens (tertiary/aromatic N) is 4. The monoisotopic (exact) mass is 277 g/mol. The third-order valence-electron chi connectivity index (χ3n) is 3.11. The lowest BCUT2D eigenvalue weighted by atomic mass is 10.1. The van der Waals surface area contributed by atoms with E-state index in [0.717, 1.165) is 25.0 Å². The van der Waals surface area contributed by atoms with Crippen molar-refractivity contribution in [3.8, 4) is 0 Å². The number of aliphatic hydroxyl groups is 1. The molecule has 0 aliphatic carbocycles. The maximum Gasteiger partial charge on any atom is 0.254 e. The second-order valence-electron chi connectivity index (χ2n) is 4.48. The number of nitrogens with one attached hydrogen (secondary N) is 1. The highest BCUT2D eigenvalue weighted by atomic mass is 16.2. The number of amides is 1. The smallest absolute Gasteiger partial charge is 0.254 e. The van der Waals surface area contributed by atoms with Crippen LogP contribution in [0, 0.1) is 0 Å². The molecular formula is C13H19N5O2. The molecule has 0 atom stereocenters. The largest absolute Gasteiger partial charge is 0.396 e. The summed E-state index contributed by atoms with van der Waals surface area (Å²) in [7, 11) is 0. The van der Waals surface area contributed by atoms with Crippen LogP contribution >= 0.6 is 0 Å². The summed E-state index contributed by atoms with van der Waals surface area (Å²) < 4.78 is 1.60.